The van der Waals surface area contributed by atoms with E-state index in [-0.39, 0.29) is 5.92 Å². The third-order valence-corrected chi connectivity index (χ3v) is 3.79. The summed E-state index contributed by atoms with van der Waals surface area (Å²) in [7, 11) is 2.07. The first-order valence-electron chi connectivity index (χ1n) is 6.75. The number of carbonyl (C=O) groups excluding carboxylic acids is 1. The minimum absolute atomic E-state index is 0.102. The predicted octanol–water partition coefficient (Wildman–Crippen LogP) is 2.16. The van der Waals surface area contributed by atoms with Crippen LogP contribution in [0.15, 0.2) is 24.3 Å². The first-order valence-corrected chi connectivity index (χ1v) is 6.75. The van der Waals surface area contributed by atoms with Gasteiger partial charge in [0.1, 0.15) is 0 Å². The SMILES string of the molecule is CCN(CC)C(=O)C1Cc2ccccc2N(C)C1. The molecule has 0 fully saturated rings. The summed E-state index contributed by atoms with van der Waals surface area (Å²) in [5.41, 5.74) is 2.55. The van der Waals surface area contributed by atoms with E-state index in [4.69, 9.17) is 0 Å². The third kappa shape index (κ3) is 2.35. The second-order valence-corrected chi connectivity index (χ2v) is 4.92. The number of hydrogen-bond donors (Lipinski definition) is 0. The minimum atomic E-state index is 0.102. The molecule has 0 spiro atoms. The molecule has 1 unspecified atom stereocenters. The Morgan fingerprint density at radius 3 is 2.67 bits per heavy atom. The molecule has 0 saturated carbocycles. The third-order valence-electron chi connectivity index (χ3n) is 3.79. The van der Waals surface area contributed by atoms with Crippen LogP contribution in [0.25, 0.3) is 0 Å². The van der Waals surface area contributed by atoms with Crippen LogP contribution in [-0.4, -0.2) is 37.5 Å². The van der Waals surface area contributed by atoms with Crippen molar-refractivity contribution >= 4 is 11.6 Å². The highest BCUT2D eigenvalue weighted by Gasteiger charge is 2.29. The highest BCUT2D eigenvalue weighted by molar-refractivity contribution is 5.81. The van der Waals surface area contributed by atoms with Crippen LogP contribution in [0, 0.1) is 5.92 Å². The van der Waals surface area contributed by atoms with Gasteiger partial charge in [-0.1, -0.05) is 18.2 Å². The summed E-state index contributed by atoms with van der Waals surface area (Å²) in [6.07, 6.45) is 0.871. The number of carbonyl (C=O) groups is 1. The Bertz CT molecular complexity index is 426. The molecule has 3 nitrogen and oxygen atoms in total. The molecule has 1 aliphatic rings. The number of hydrogen-bond acceptors (Lipinski definition) is 2. The standard InChI is InChI=1S/C15H22N2O/c1-4-17(5-2)15(18)13-10-12-8-6-7-9-14(12)16(3)11-13/h6-9,13H,4-5,10-11H2,1-3H3. The summed E-state index contributed by atoms with van der Waals surface area (Å²) in [4.78, 5) is 16.6. The first kappa shape index (κ1) is 12.9. The van der Waals surface area contributed by atoms with Crippen molar-refractivity contribution in [3.05, 3.63) is 29.8 Å². The Morgan fingerprint density at radius 2 is 2.00 bits per heavy atom. The molecule has 98 valence electrons. The highest BCUT2D eigenvalue weighted by atomic mass is 16.2. The second-order valence-electron chi connectivity index (χ2n) is 4.92. The van der Waals surface area contributed by atoms with E-state index in [0.29, 0.717) is 5.91 Å². The van der Waals surface area contributed by atoms with E-state index in [2.05, 4.69) is 36.2 Å². The summed E-state index contributed by atoms with van der Waals surface area (Å²) in [6.45, 7) is 6.52. The highest BCUT2D eigenvalue weighted by Crippen LogP contribution is 2.29. The molecule has 1 amide bonds. The van der Waals surface area contributed by atoms with Crippen LogP contribution in [0.5, 0.6) is 0 Å². The average Bonchev–Trinajstić information content (AvgIpc) is 2.40. The first-order chi connectivity index (χ1) is 8.67. The van der Waals surface area contributed by atoms with E-state index in [0.717, 1.165) is 26.1 Å². The van der Waals surface area contributed by atoms with Gasteiger partial charge in [-0.2, -0.15) is 0 Å². The quantitative estimate of drug-likeness (QED) is 0.816. The fourth-order valence-corrected chi connectivity index (χ4v) is 2.77. The lowest BCUT2D eigenvalue weighted by Crippen LogP contribution is -2.44. The van der Waals surface area contributed by atoms with Crippen molar-refractivity contribution in [2.24, 2.45) is 5.92 Å². The summed E-state index contributed by atoms with van der Waals surface area (Å²) in [6, 6.07) is 8.37. The fraction of sp³-hybridized carbons (Fsp3) is 0.533. The van der Waals surface area contributed by atoms with Gasteiger partial charge in [0.25, 0.3) is 0 Å². The number of rotatable bonds is 3. The Morgan fingerprint density at radius 1 is 1.33 bits per heavy atom. The van der Waals surface area contributed by atoms with Crippen LogP contribution in [0.1, 0.15) is 19.4 Å². The molecule has 1 atom stereocenters. The van der Waals surface area contributed by atoms with E-state index < -0.39 is 0 Å². The van der Waals surface area contributed by atoms with Crippen molar-refractivity contribution in [1.29, 1.82) is 0 Å². The molecule has 1 heterocycles. The summed E-state index contributed by atoms with van der Waals surface area (Å²) in [5.74, 6) is 0.395. The van der Waals surface area contributed by atoms with E-state index in [1.807, 2.05) is 18.7 Å². The average molecular weight is 246 g/mol. The number of amides is 1. The Kier molecular flexibility index (Phi) is 3.90. The van der Waals surface area contributed by atoms with E-state index in [1.165, 1.54) is 11.3 Å². The van der Waals surface area contributed by atoms with Crippen LogP contribution in [0.4, 0.5) is 5.69 Å². The predicted molar refractivity (Wildman–Crippen MR) is 74.8 cm³/mol. The topological polar surface area (TPSA) is 23.6 Å². The number of anilines is 1. The Balaban J connectivity index is 2.18. The lowest BCUT2D eigenvalue weighted by Gasteiger charge is -2.35. The minimum Gasteiger partial charge on any atom is -0.374 e. The molecule has 0 aromatic heterocycles. The molecular weight excluding hydrogens is 224 g/mol. The second kappa shape index (κ2) is 5.42. The number of fused-ring (bicyclic) bond motifs is 1. The molecule has 18 heavy (non-hydrogen) atoms. The Labute approximate surface area is 109 Å². The number of para-hydroxylation sites is 1. The lowest BCUT2D eigenvalue weighted by atomic mass is 9.91. The van der Waals surface area contributed by atoms with Crippen LogP contribution >= 0.6 is 0 Å². The van der Waals surface area contributed by atoms with E-state index >= 15 is 0 Å². The monoisotopic (exact) mass is 246 g/mol. The maximum absolute atomic E-state index is 12.4. The summed E-state index contributed by atoms with van der Waals surface area (Å²) < 4.78 is 0. The largest absolute Gasteiger partial charge is 0.374 e. The van der Waals surface area contributed by atoms with E-state index in [9.17, 15) is 4.79 Å². The van der Waals surface area contributed by atoms with Crippen LogP contribution in [0.3, 0.4) is 0 Å². The molecule has 0 aliphatic carbocycles. The van der Waals surface area contributed by atoms with E-state index in [1.54, 1.807) is 0 Å². The van der Waals surface area contributed by atoms with Crippen LogP contribution < -0.4 is 4.90 Å². The van der Waals surface area contributed by atoms with Gasteiger partial charge in [-0.25, -0.2) is 0 Å². The van der Waals surface area contributed by atoms with Gasteiger partial charge in [0.05, 0.1) is 5.92 Å². The van der Waals surface area contributed by atoms with Gasteiger partial charge in [0.15, 0.2) is 0 Å². The zero-order valence-corrected chi connectivity index (χ0v) is 11.5. The maximum atomic E-state index is 12.4. The van der Waals surface area contributed by atoms with Gasteiger partial charge in [0, 0.05) is 32.4 Å². The molecule has 2 rings (SSSR count). The van der Waals surface area contributed by atoms with Crippen molar-refractivity contribution in [1.82, 2.24) is 4.90 Å². The van der Waals surface area contributed by atoms with Crippen molar-refractivity contribution in [2.45, 2.75) is 20.3 Å². The number of nitrogens with zero attached hydrogens (tertiary/aromatic N) is 2. The van der Waals surface area contributed by atoms with Crippen LogP contribution in [0.2, 0.25) is 0 Å². The maximum Gasteiger partial charge on any atom is 0.227 e. The zero-order valence-electron chi connectivity index (χ0n) is 11.5. The van der Waals surface area contributed by atoms with Gasteiger partial charge in [-0.05, 0) is 31.9 Å². The summed E-state index contributed by atoms with van der Waals surface area (Å²) in [5, 5.41) is 0. The molecular formula is C15H22N2O. The van der Waals surface area contributed by atoms with Gasteiger partial charge in [0.2, 0.25) is 5.91 Å². The van der Waals surface area contributed by atoms with Crippen molar-refractivity contribution in [3.8, 4) is 0 Å². The smallest absolute Gasteiger partial charge is 0.227 e. The zero-order chi connectivity index (χ0) is 13.1. The fourth-order valence-electron chi connectivity index (χ4n) is 2.77. The molecule has 1 aliphatic heterocycles. The molecule has 0 radical (unpaired) electrons. The molecule has 3 heteroatoms. The van der Waals surface area contributed by atoms with Crippen LogP contribution in [-0.2, 0) is 11.2 Å². The molecule has 0 N–H and O–H groups in total. The van der Waals surface area contributed by atoms with Crippen molar-refractivity contribution in [2.75, 3.05) is 31.6 Å². The lowest BCUT2D eigenvalue weighted by molar-refractivity contribution is -0.134. The molecule has 1 aromatic carbocycles. The van der Waals surface area contributed by atoms with Gasteiger partial charge < -0.3 is 9.80 Å². The number of benzene rings is 1. The molecule has 1 aromatic rings. The molecule has 0 bridgehead atoms. The van der Waals surface area contributed by atoms with Crippen molar-refractivity contribution in [3.63, 3.8) is 0 Å². The van der Waals surface area contributed by atoms with Crippen molar-refractivity contribution < 1.29 is 4.79 Å². The van der Waals surface area contributed by atoms with Gasteiger partial charge >= 0.3 is 0 Å². The molecule has 0 saturated heterocycles. The van der Waals surface area contributed by atoms with Gasteiger partial charge in [-0.15, -0.1) is 0 Å². The Hall–Kier alpha value is -1.51. The normalized spacial score (nSPS) is 18.4. The van der Waals surface area contributed by atoms with Gasteiger partial charge in [-0.3, -0.25) is 4.79 Å². The summed E-state index contributed by atoms with van der Waals surface area (Å²) >= 11 is 0.